The molecule has 0 rings (SSSR count). The van der Waals surface area contributed by atoms with Crippen LogP contribution in [0.2, 0.25) is 0 Å². The molecule has 0 unspecified atom stereocenters. The van der Waals surface area contributed by atoms with Gasteiger partial charge in [0.25, 0.3) is 0 Å². The number of nitrogens with two attached hydrogens (primary N) is 1. The lowest BCUT2D eigenvalue weighted by Crippen LogP contribution is -2.31. The van der Waals surface area contributed by atoms with Gasteiger partial charge in [-0.3, -0.25) is 4.79 Å². The maximum atomic E-state index is 10.6. The quantitative estimate of drug-likeness (QED) is 0.628. The molecule has 11 heavy (non-hydrogen) atoms. The van der Waals surface area contributed by atoms with Crippen LogP contribution >= 0.6 is 0 Å². The highest BCUT2D eigenvalue weighted by atomic mass is 16.3. The lowest BCUT2D eigenvalue weighted by atomic mass is 9.96. The van der Waals surface area contributed by atoms with Crippen molar-refractivity contribution in [2.75, 3.05) is 0 Å². The zero-order chi connectivity index (χ0) is 9.02. The van der Waals surface area contributed by atoms with Gasteiger partial charge in [0.15, 0.2) is 0 Å². The third-order valence-corrected chi connectivity index (χ3v) is 1.74. The number of aliphatic hydroxyl groups excluding tert-OH is 1. The van der Waals surface area contributed by atoms with Crippen molar-refractivity contribution in [1.29, 1.82) is 0 Å². The van der Waals surface area contributed by atoms with Crippen LogP contribution in [0.25, 0.3) is 0 Å². The van der Waals surface area contributed by atoms with E-state index in [4.69, 9.17) is 5.73 Å². The summed E-state index contributed by atoms with van der Waals surface area (Å²) in [5, 5.41) is 9.36. The third kappa shape index (κ3) is 3.98. The van der Waals surface area contributed by atoms with Gasteiger partial charge in [-0.1, -0.05) is 20.8 Å². The molecule has 2 atom stereocenters. The van der Waals surface area contributed by atoms with Gasteiger partial charge in [-0.05, 0) is 12.3 Å². The van der Waals surface area contributed by atoms with Gasteiger partial charge in [-0.15, -0.1) is 0 Å². The molecule has 0 fully saturated rings. The Hall–Kier alpha value is -0.570. The van der Waals surface area contributed by atoms with Gasteiger partial charge < -0.3 is 10.8 Å². The van der Waals surface area contributed by atoms with Crippen molar-refractivity contribution in [3.05, 3.63) is 0 Å². The van der Waals surface area contributed by atoms with Crippen molar-refractivity contribution in [2.24, 2.45) is 17.6 Å². The van der Waals surface area contributed by atoms with Crippen LogP contribution in [0.5, 0.6) is 0 Å². The molecule has 0 aliphatic carbocycles. The molecule has 0 aromatic carbocycles. The van der Waals surface area contributed by atoms with Crippen LogP contribution in [0.4, 0.5) is 0 Å². The number of hydrogen-bond acceptors (Lipinski definition) is 2. The van der Waals surface area contributed by atoms with Gasteiger partial charge in [-0.25, -0.2) is 0 Å². The van der Waals surface area contributed by atoms with E-state index < -0.39 is 17.9 Å². The first-order valence-corrected chi connectivity index (χ1v) is 3.92. The second kappa shape index (κ2) is 4.34. The van der Waals surface area contributed by atoms with Gasteiger partial charge in [0, 0.05) is 0 Å². The number of aliphatic hydroxyl groups is 1. The SMILES string of the molecule is CC(C)C[C@@H](O)[C@H](C)C(N)=O. The van der Waals surface area contributed by atoms with Crippen LogP contribution in [-0.2, 0) is 4.79 Å². The summed E-state index contributed by atoms with van der Waals surface area (Å²) in [4.78, 5) is 10.6. The molecular formula is C8H17NO2. The van der Waals surface area contributed by atoms with E-state index in [-0.39, 0.29) is 0 Å². The van der Waals surface area contributed by atoms with E-state index >= 15 is 0 Å². The number of carbonyl (C=O) groups excluding carboxylic acids is 1. The van der Waals surface area contributed by atoms with Crippen LogP contribution in [-0.4, -0.2) is 17.1 Å². The monoisotopic (exact) mass is 159 g/mol. The Morgan fingerprint density at radius 2 is 1.91 bits per heavy atom. The first-order valence-electron chi connectivity index (χ1n) is 3.92. The second-order valence-corrected chi connectivity index (χ2v) is 3.39. The largest absolute Gasteiger partial charge is 0.392 e. The molecule has 0 saturated carbocycles. The molecule has 0 aliphatic rings. The van der Waals surface area contributed by atoms with Gasteiger partial charge in [-0.2, -0.15) is 0 Å². The molecule has 0 heterocycles. The molecule has 0 aliphatic heterocycles. The zero-order valence-corrected chi connectivity index (χ0v) is 7.37. The normalized spacial score (nSPS) is 16.5. The predicted molar refractivity (Wildman–Crippen MR) is 43.8 cm³/mol. The summed E-state index contributed by atoms with van der Waals surface area (Å²) >= 11 is 0. The first-order chi connectivity index (χ1) is 4.95. The van der Waals surface area contributed by atoms with E-state index in [9.17, 15) is 9.90 Å². The number of carbonyl (C=O) groups is 1. The fourth-order valence-corrected chi connectivity index (χ4v) is 0.877. The Kier molecular flexibility index (Phi) is 4.11. The number of rotatable bonds is 4. The van der Waals surface area contributed by atoms with Crippen molar-refractivity contribution in [2.45, 2.75) is 33.3 Å². The lowest BCUT2D eigenvalue weighted by Gasteiger charge is -2.17. The van der Waals surface area contributed by atoms with Crippen molar-refractivity contribution >= 4 is 5.91 Å². The van der Waals surface area contributed by atoms with Gasteiger partial charge in [0.05, 0.1) is 12.0 Å². The minimum atomic E-state index is -0.590. The summed E-state index contributed by atoms with van der Waals surface area (Å²) in [6.07, 6.45) is 0.0388. The average molecular weight is 159 g/mol. The van der Waals surface area contributed by atoms with E-state index in [1.54, 1.807) is 6.92 Å². The van der Waals surface area contributed by atoms with E-state index in [0.29, 0.717) is 12.3 Å². The van der Waals surface area contributed by atoms with Crippen LogP contribution in [0.3, 0.4) is 0 Å². The minimum Gasteiger partial charge on any atom is -0.392 e. The highest BCUT2D eigenvalue weighted by molar-refractivity contribution is 5.76. The summed E-state index contributed by atoms with van der Waals surface area (Å²) in [6, 6.07) is 0. The Morgan fingerprint density at radius 1 is 1.45 bits per heavy atom. The van der Waals surface area contributed by atoms with Crippen LogP contribution < -0.4 is 5.73 Å². The Morgan fingerprint density at radius 3 is 2.18 bits per heavy atom. The molecule has 0 saturated heterocycles. The van der Waals surface area contributed by atoms with Crippen LogP contribution in [0.1, 0.15) is 27.2 Å². The minimum absolute atomic E-state index is 0.395. The molecule has 0 aromatic heterocycles. The molecule has 1 amide bonds. The summed E-state index contributed by atoms with van der Waals surface area (Å²) in [7, 11) is 0. The van der Waals surface area contributed by atoms with E-state index in [1.807, 2.05) is 13.8 Å². The van der Waals surface area contributed by atoms with Gasteiger partial charge in [0.2, 0.25) is 5.91 Å². The average Bonchev–Trinajstić information content (AvgIpc) is 1.84. The van der Waals surface area contributed by atoms with Crippen molar-refractivity contribution < 1.29 is 9.90 Å². The zero-order valence-electron chi connectivity index (χ0n) is 7.37. The van der Waals surface area contributed by atoms with Crippen LogP contribution in [0.15, 0.2) is 0 Å². The molecule has 0 radical (unpaired) electrons. The number of primary amides is 1. The van der Waals surface area contributed by atoms with Gasteiger partial charge >= 0.3 is 0 Å². The molecule has 3 nitrogen and oxygen atoms in total. The van der Waals surface area contributed by atoms with E-state index in [1.165, 1.54) is 0 Å². The molecule has 3 heteroatoms. The molecule has 0 aromatic rings. The summed E-state index contributed by atoms with van der Waals surface area (Å²) in [5.74, 6) is -0.470. The highest BCUT2D eigenvalue weighted by Gasteiger charge is 2.19. The highest BCUT2D eigenvalue weighted by Crippen LogP contribution is 2.11. The smallest absolute Gasteiger partial charge is 0.222 e. The van der Waals surface area contributed by atoms with Crippen LogP contribution in [0, 0.1) is 11.8 Å². The maximum absolute atomic E-state index is 10.6. The Labute approximate surface area is 67.6 Å². The number of amides is 1. The molecular weight excluding hydrogens is 142 g/mol. The van der Waals surface area contributed by atoms with E-state index in [0.717, 1.165) is 0 Å². The lowest BCUT2D eigenvalue weighted by molar-refractivity contribution is -0.124. The first kappa shape index (κ1) is 10.4. The van der Waals surface area contributed by atoms with Crippen molar-refractivity contribution in [1.82, 2.24) is 0 Å². The molecule has 0 spiro atoms. The maximum Gasteiger partial charge on any atom is 0.222 e. The molecule has 3 N–H and O–H groups in total. The second-order valence-electron chi connectivity index (χ2n) is 3.39. The third-order valence-electron chi connectivity index (χ3n) is 1.74. The summed E-state index contributed by atoms with van der Waals surface area (Å²) in [6.45, 7) is 5.64. The summed E-state index contributed by atoms with van der Waals surface area (Å²) < 4.78 is 0. The Balaban J connectivity index is 3.82. The van der Waals surface area contributed by atoms with Crippen molar-refractivity contribution in [3.8, 4) is 0 Å². The fourth-order valence-electron chi connectivity index (χ4n) is 0.877. The standard InChI is InChI=1S/C8H17NO2/c1-5(2)4-7(10)6(3)8(9)11/h5-7,10H,4H2,1-3H3,(H2,9,11)/t6-,7+/m0/s1. The predicted octanol–water partition coefficient (Wildman–Crippen LogP) is 0.515. The molecule has 0 bridgehead atoms. The van der Waals surface area contributed by atoms with Crippen molar-refractivity contribution in [3.63, 3.8) is 0 Å². The Bertz CT molecular complexity index is 134. The van der Waals surface area contributed by atoms with Gasteiger partial charge in [0.1, 0.15) is 0 Å². The topological polar surface area (TPSA) is 63.3 Å². The van der Waals surface area contributed by atoms with E-state index in [2.05, 4.69) is 0 Å². The number of hydrogen-bond donors (Lipinski definition) is 2. The molecule has 66 valence electrons. The fraction of sp³-hybridized carbons (Fsp3) is 0.875. The summed E-state index contributed by atoms with van der Waals surface area (Å²) in [5.41, 5.74) is 5.01.